The Morgan fingerprint density at radius 2 is 1.57 bits per heavy atom. The van der Waals surface area contributed by atoms with Crippen molar-refractivity contribution in [1.82, 2.24) is 0 Å². The normalized spacial score (nSPS) is 13.1. The largest absolute Gasteiger partial charge is 0.462 e. The van der Waals surface area contributed by atoms with Gasteiger partial charge >= 0.3 is 5.97 Å². The van der Waals surface area contributed by atoms with Gasteiger partial charge in [-0.2, -0.15) is 0 Å². The maximum absolute atomic E-state index is 13.3. The third-order valence-corrected chi connectivity index (χ3v) is 6.76. The second-order valence-electron chi connectivity index (χ2n) is 9.61. The summed E-state index contributed by atoms with van der Waals surface area (Å²) in [6.45, 7) is 8.13. The molecule has 0 bridgehead atoms. The molecule has 0 unspecified atom stereocenters. The van der Waals surface area contributed by atoms with Gasteiger partial charge in [-0.1, -0.05) is 54.8 Å². The zero-order valence-corrected chi connectivity index (χ0v) is 23.5. The van der Waals surface area contributed by atoms with Gasteiger partial charge in [0, 0.05) is 16.9 Å². The standard InChI is InChI=1S/C31H30ClN3O5/c1-5-6-13-40-31(39)22-10-8-12-24(17-22)35-29(37)25(32)27(30(35)38)33-23-11-7-9-21(16-23)28(36)34-26-19(3)14-18(2)15-20(26)4/h7-12,14-17,33H,5-6,13H2,1-4H3,(H,34,36). The molecule has 3 aromatic carbocycles. The number of nitrogens with zero attached hydrogens (tertiary/aromatic N) is 1. The first-order valence-corrected chi connectivity index (χ1v) is 13.3. The number of carbonyl (C=O) groups excluding carboxylic acids is 4. The fourth-order valence-electron chi connectivity index (χ4n) is 4.46. The summed E-state index contributed by atoms with van der Waals surface area (Å²) in [7, 11) is 0. The molecular weight excluding hydrogens is 530 g/mol. The van der Waals surface area contributed by atoms with Gasteiger partial charge in [-0.15, -0.1) is 0 Å². The number of aryl methyl sites for hydroxylation is 3. The third-order valence-electron chi connectivity index (χ3n) is 6.41. The SMILES string of the molecule is CCCCOC(=O)c1cccc(N2C(=O)C(Cl)=C(Nc3cccc(C(=O)Nc4c(C)cc(C)cc4C)c3)C2=O)c1. The molecule has 8 nitrogen and oxygen atoms in total. The Labute approximate surface area is 238 Å². The molecule has 0 saturated carbocycles. The predicted molar refractivity (Wildman–Crippen MR) is 156 cm³/mol. The molecule has 0 aliphatic carbocycles. The molecule has 1 heterocycles. The number of anilines is 3. The van der Waals surface area contributed by atoms with Gasteiger partial charge in [-0.3, -0.25) is 14.4 Å². The average molecular weight is 560 g/mol. The highest BCUT2D eigenvalue weighted by Crippen LogP contribution is 2.31. The van der Waals surface area contributed by atoms with Crippen molar-refractivity contribution >= 4 is 52.4 Å². The molecule has 206 valence electrons. The highest BCUT2D eigenvalue weighted by Gasteiger charge is 2.39. The molecule has 1 aliphatic rings. The van der Waals surface area contributed by atoms with Crippen LogP contribution < -0.4 is 15.5 Å². The summed E-state index contributed by atoms with van der Waals surface area (Å²) >= 11 is 6.30. The van der Waals surface area contributed by atoms with Crippen molar-refractivity contribution in [2.75, 3.05) is 22.1 Å². The second-order valence-corrected chi connectivity index (χ2v) is 9.99. The lowest BCUT2D eigenvalue weighted by Crippen LogP contribution is -2.32. The van der Waals surface area contributed by atoms with Crippen LogP contribution in [0.25, 0.3) is 0 Å². The van der Waals surface area contributed by atoms with Crippen LogP contribution in [0, 0.1) is 20.8 Å². The first-order chi connectivity index (χ1) is 19.1. The Morgan fingerprint density at radius 3 is 2.27 bits per heavy atom. The third kappa shape index (κ3) is 6.07. The van der Waals surface area contributed by atoms with Crippen LogP contribution in [0.2, 0.25) is 0 Å². The van der Waals surface area contributed by atoms with Crippen molar-refractivity contribution in [2.45, 2.75) is 40.5 Å². The number of hydrogen-bond acceptors (Lipinski definition) is 6. The Morgan fingerprint density at radius 1 is 0.900 bits per heavy atom. The number of hydrogen-bond donors (Lipinski definition) is 2. The molecule has 0 aromatic heterocycles. The number of halogens is 1. The number of imide groups is 1. The highest BCUT2D eigenvalue weighted by atomic mass is 35.5. The van der Waals surface area contributed by atoms with Gasteiger partial charge in [0.05, 0.1) is 17.9 Å². The maximum atomic E-state index is 13.3. The Bertz CT molecular complexity index is 1520. The molecule has 40 heavy (non-hydrogen) atoms. The first kappa shape index (κ1) is 28.6. The average Bonchev–Trinajstić information content (AvgIpc) is 3.13. The molecule has 9 heteroatoms. The lowest BCUT2D eigenvalue weighted by atomic mass is 10.0. The van der Waals surface area contributed by atoms with Crippen molar-refractivity contribution in [3.8, 4) is 0 Å². The molecule has 0 fully saturated rings. The van der Waals surface area contributed by atoms with Crippen LogP contribution in [-0.4, -0.2) is 30.3 Å². The smallest absolute Gasteiger partial charge is 0.338 e. The molecule has 3 amide bonds. The molecule has 0 spiro atoms. The van der Waals surface area contributed by atoms with Crippen molar-refractivity contribution in [3.63, 3.8) is 0 Å². The van der Waals surface area contributed by atoms with E-state index in [2.05, 4.69) is 10.6 Å². The van der Waals surface area contributed by atoms with Gasteiger partial charge in [0.15, 0.2) is 0 Å². The van der Waals surface area contributed by atoms with Gasteiger partial charge in [-0.05, 0) is 74.7 Å². The molecule has 4 rings (SSSR count). The predicted octanol–water partition coefficient (Wildman–Crippen LogP) is 6.26. The summed E-state index contributed by atoms with van der Waals surface area (Å²) in [6.07, 6.45) is 1.61. The zero-order valence-electron chi connectivity index (χ0n) is 22.8. The summed E-state index contributed by atoms with van der Waals surface area (Å²) in [5.41, 5.74) is 4.76. The molecule has 2 N–H and O–H groups in total. The minimum absolute atomic E-state index is 0.134. The number of carbonyl (C=O) groups is 4. The summed E-state index contributed by atoms with van der Waals surface area (Å²) in [4.78, 5) is 52.6. The van der Waals surface area contributed by atoms with Crippen molar-refractivity contribution < 1.29 is 23.9 Å². The number of rotatable bonds is 9. The minimum atomic E-state index is -0.732. The zero-order chi connectivity index (χ0) is 29.0. The minimum Gasteiger partial charge on any atom is -0.462 e. The van der Waals surface area contributed by atoms with Gasteiger partial charge in [0.2, 0.25) is 0 Å². The van der Waals surface area contributed by atoms with Crippen LogP contribution in [0.1, 0.15) is 57.2 Å². The monoisotopic (exact) mass is 559 g/mol. The van der Waals surface area contributed by atoms with Crippen molar-refractivity contribution in [1.29, 1.82) is 0 Å². The van der Waals surface area contributed by atoms with E-state index in [0.717, 1.165) is 40.1 Å². The van der Waals surface area contributed by atoms with Crippen LogP contribution in [0.4, 0.5) is 17.1 Å². The van der Waals surface area contributed by atoms with Gasteiger partial charge in [-0.25, -0.2) is 9.69 Å². The second kappa shape index (κ2) is 12.2. The van der Waals surface area contributed by atoms with E-state index in [1.54, 1.807) is 36.4 Å². The van der Waals surface area contributed by atoms with E-state index in [1.807, 2.05) is 39.8 Å². The summed E-state index contributed by atoms with van der Waals surface area (Å²) < 4.78 is 5.24. The fourth-order valence-corrected chi connectivity index (χ4v) is 4.67. The first-order valence-electron chi connectivity index (χ1n) is 12.9. The van der Waals surface area contributed by atoms with E-state index in [4.69, 9.17) is 16.3 Å². The molecule has 0 atom stereocenters. The van der Waals surface area contributed by atoms with E-state index >= 15 is 0 Å². The van der Waals surface area contributed by atoms with Crippen LogP contribution >= 0.6 is 11.6 Å². The van der Waals surface area contributed by atoms with Crippen molar-refractivity contribution in [2.24, 2.45) is 0 Å². The van der Waals surface area contributed by atoms with E-state index in [1.165, 1.54) is 12.1 Å². The van der Waals surface area contributed by atoms with Gasteiger partial charge < -0.3 is 15.4 Å². The lowest BCUT2D eigenvalue weighted by molar-refractivity contribution is -0.120. The molecule has 0 radical (unpaired) electrons. The Hall–Kier alpha value is -4.43. The highest BCUT2D eigenvalue weighted by molar-refractivity contribution is 6.53. The summed E-state index contributed by atoms with van der Waals surface area (Å²) in [6, 6.07) is 16.6. The van der Waals surface area contributed by atoms with E-state index < -0.39 is 17.8 Å². The number of unbranched alkanes of at least 4 members (excludes halogenated alkanes) is 1. The fraction of sp³-hybridized carbons (Fsp3) is 0.226. The van der Waals surface area contributed by atoms with E-state index in [9.17, 15) is 19.2 Å². The van der Waals surface area contributed by atoms with E-state index in [-0.39, 0.29) is 34.5 Å². The summed E-state index contributed by atoms with van der Waals surface area (Å²) in [5, 5.41) is 5.55. The summed E-state index contributed by atoms with van der Waals surface area (Å²) in [5.74, 6) is -2.29. The number of nitrogens with one attached hydrogen (secondary N) is 2. The number of amides is 3. The van der Waals surface area contributed by atoms with Crippen LogP contribution in [0.15, 0.2) is 71.4 Å². The lowest BCUT2D eigenvalue weighted by Gasteiger charge is -2.16. The van der Waals surface area contributed by atoms with E-state index in [0.29, 0.717) is 11.3 Å². The number of esters is 1. The van der Waals surface area contributed by atoms with Crippen LogP contribution in [-0.2, 0) is 14.3 Å². The molecule has 1 aliphatic heterocycles. The van der Waals surface area contributed by atoms with Gasteiger partial charge in [0.1, 0.15) is 10.7 Å². The Kier molecular flexibility index (Phi) is 8.70. The van der Waals surface area contributed by atoms with Crippen molar-refractivity contribution in [3.05, 3.63) is 99.2 Å². The topological polar surface area (TPSA) is 105 Å². The molecule has 3 aromatic rings. The Balaban J connectivity index is 1.51. The number of ether oxygens (including phenoxy) is 1. The molecular formula is C31H30ClN3O5. The van der Waals surface area contributed by atoms with Gasteiger partial charge in [0.25, 0.3) is 17.7 Å². The number of benzene rings is 3. The van der Waals surface area contributed by atoms with Crippen LogP contribution in [0.5, 0.6) is 0 Å². The molecule has 0 saturated heterocycles. The van der Waals surface area contributed by atoms with Crippen LogP contribution in [0.3, 0.4) is 0 Å². The maximum Gasteiger partial charge on any atom is 0.338 e. The quantitative estimate of drug-likeness (QED) is 0.182.